The van der Waals surface area contributed by atoms with Crippen molar-refractivity contribution in [3.63, 3.8) is 0 Å². The number of carbonyl (C=O) groups excluding carboxylic acids is 1. The number of carboxylic acid groups (broad SMARTS) is 5. The zero-order chi connectivity index (χ0) is 17.9. The summed E-state index contributed by atoms with van der Waals surface area (Å²) in [6.07, 6.45) is 0. The summed E-state index contributed by atoms with van der Waals surface area (Å²) in [6, 6.07) is 0. The molecule has 0 aromatic carbocycles. The molecule has 0 radical (unpaired) electrons. The Morgan fingerprint density at radius 1 is 0.591 bits per heavy atom. The first kappa shape index (κ1) is 43.0. The van der Waals surface area contributed by atoms with Crippen molar-refractivity contribution in [2.75, 3.05) is 0 Å². The van der Waals surface area contributed by atoms with Gasteiger partial charge in [-0.1, -0.05) is 0 Å². The molecule has 22 heavy (non-hydrogen) atoms. The van der Waals surface area contributed by atoms with Gasteiger partial charge in [0.2, 0.25) is 0 Å². The fourth-order valence-corrected chi connectivity index (χ4v) is 0. The monoisotopic (exact) mass is 522 g/mol. The van der Waals surface area contributed by atoms with Crippen LogP contribution in [0.3, 0.4) is 0 Å². The molecule has 12 heteroatoms. The second kappa shape index (κ2) is 37.2. The van der Waals surface area contributed by atoms with Crippen LogP contribution in [0, 0.1) is 0 Å². The standard InChI is InChI=1S/5C2H4O2.K.W/c5*1-2(3)4;;/h5*1H3,(H,3,4);;/q;;;;;+1;/p-1. The van der Waals surface area contributed by atoms with Gasteiger partial charge in [-0.15, -0.1) is 0 Å². The molecule has 10 nitrogen and oxygen atoms in total. The van der Waals surface area contributed by atoms with Crippen LogP contribution in [0.2, 0.25) is 0 Å². The van der Waals surface area contributed by atoms with E-state index in [2.05, 4.69) is 0 Å². The van der Waals surface area contributed by atoms with Crippen molar-refractivity contribution < 1.29 is 122 Å². The van der Waals surface area contributed by atoms with E-state index in [0.29, 0.717) is 0 Å². The summed E-state index contributed by atoms with van der Waals surface area (Å²) < 4.78 is 0. The zero-order valence-electron chi connectivity index (χ0n) is 13.1. The van der Waals surface area contributed by atoms with Crippen LogP contribution in [0.4, 0.5) is 0 Å². The van der Waals surface area contributed by atoms with Crippen molar-refractivity contribution in [1.82, 2.24) is 0 Å². The molecule has 0 saturated heterocycles. The Balaban J connectivity index is -0.0000000250. The average Bonchev–Trinajstić information content (AvgIpc) is 1.94. The van der Waals surface area contributed by atoms with E-state index in [1.165, 1.54) is 0 Å². The van der Waals surface area contributed by atoms with Gasteiger partial charge in [-0.3, -0.25) is 19.2 Å². The van der Waals surface area contributed by atoms with Crippen molar-refractivity contribution >= 4 is 29.8 Å². The number of hydrogen-bond acceptors (Lipinski definition) is 6. The summed E-state index contributed by atoms with van der Waals surface area (Å²) in [5.74, 6) is -4.42. The largest absolute Gasteiger partial charge is 1.00 e. The van der Waals surface area contributed by atoms with Gasteiger partial charge < -0.3 is 30.3 Å². The van der Waals surface area contributed by atoms with Crippen molar-refractivity contribution in [2.45, 2.75) is 34.6 Å². The van der Waals surface area contributed by atoms with E-state index in [0.717, 1.165) is 34.6 Å². The molecule has 0 saturated carbocycles. The predicted molar refractivity (Wildman–Crippen MR) is 63.9 cm³/mol. The van der Waals surface area contributed by atoms with E-state index in [1.807, 2.05) is 0 Å². The second-order valence-corrected chi connectivity index (χ2v) is 2.57. The molecule has 0 fully saturated rings. The molecule has 4 N–H and O–H groups in total. The van der Waals surface area contributed by atoms with Crippen LogP contribution in [0.5, 0.6) is 0 Å². The van der Waals surface area contributed by atoms with E-state index >= 15 is 0 Å². The molecule has 0 aromatic heterocycles. The Kier molecular flexibility index (Phi) is 72.7. The van der Waals surface area contributed by atoms with E-state index in [-0.39, 0.29) is 72.4 Å². The van der Waals surface area contributed by atoms with Gasteiger partial charge in [-0.05, 0) is 6.92 Å². The van der Waals surface area contributed by atoms with Crippen LogP contribution in [0.1, 0.15) is 34.6 Å². The van der Waals surface area contributed by atoms with Crippen LogP contribution >= 0.6 is 0 Å². The molecule has 0 aromatic rings. The van der Waals surface area contributed by atoms with E-state index in [4.69, 9.17) is 49.5 Å². The quantitative estimate of drug-likeness (QED) is 0.229. The minimum Gasteiger partial charge on any atom is -0.550 e. The van der Waals surface area contributed by atoms with Crippen LogP contribution in [-0.4, -0.2) is 50.3 Å². The first-order chi connectivity index (χ1) is 8.66. The maximum atomic E-state index is 9.00. The zero-order valence-corrected chi connectivity index (χ0v) is 19.2. The third-order valence-electron chi connectivity index (χ3n) is 0. The van der Waals surface area contributed by atoms with Crippen LogP contribution < -0.4 is 56.5 Å². The van der Waals surface area contributed by atoms with Gasteiger partial charge in [0.1, 0.15) is 0 Å². The van der Waals surface area contributed by atoms with Gasteiger partial charge in [0, 0.05) is 54.7 Å². The minimum atomic E-state index is -1.08. The van der Waals surface area contributed by atoms with Gasteiger partial charge >= 0.3 is 51.4 Å². The second-order valence-electron chi connectivity index (χ2n) is 2.57. The molecule has 0 rings (SSSR count). The van der Waals surface area contributed by atoms with E-state index in [9.17, 15) is 0 Å². The summed E-state index contributed by atoms with van der Waals surface area (Å²) >= 11 is 0. The van der Waals surface area contributed by atoms with Gasteiger partial charge in [-0.2, -0.15) is 0 Å². The van der Waals surface area contributed by atoms with Gasteiger partial charge in [-0.25, -0.2) is 0 Å². The van der Waals surface area contributed by atoms with Gasteiger partial charge in [0.15, 0.2) is 0 Å². The van der Waals surface area contributed by atoms with Crippen molar-refractivity contribution in [3.05, 3.63) is 0 Å². The topological polar surface area (TPSA) is 189 Å². The third-order valence-corrected chi connectivity index (χ3v) is 0. The Labute approximate surface area is 184 Å². The summed E-state index contributed by atoms with van der Waals surface area (Å²) in [4.78, 5) is 44.9. The van der Waals surface area contributed by atoms with Gasteiger partial charge in [0.05, 0.1) is 0 Å². The molecule has 126 valence electrons. The Morgan fingerprint density at radius 3 is 0.591 bits per heavy atom. The van der Waals surface area contributed by atoms with Crippen LogP contribution in [-0.2, 0) is 45.0 Å². The number of carboxylic acids is 5. The summed E-state index contributed by atoms with van der Waals surface area (Å²) in [5.41, 5.74) is 0. The number of carbonyl (C=O) groups is 5. The molecule has 0 aliphatic heterocycles. The summed E-state index contributed by atoms with van der Waals surface area (Å²) in [6.45, 7) is 5.31. The van der Waals surface area contributed by atoms with Crippen LogP contribution in [0.25, 0.3) is 0 Å². The molecule has 0 heterocycles. The van der Waals surface area contributed by atoms with Gasteiger partial charge in [0.25, 0.3) is 23.9 Å². The summed E-state index contributed by atoms with van der Waals surface area (Å²) in [7, 11) is 0. The maximum Gasteiger partial charge on any atom is 1.00 e. The van der Waals surface area contributed by atoms with E-state index < -0.39 is 29.8 Å². The minimum absolute atomic E-state index is 0. The molecular formula is C10H19KO10W. The Hall–Kier alpha value is -0.325. The molecule has 0 aliphatic rings. The SMILES string of the molecule is CC(=O)O.CC(=O)O.CC(=O)O.CC(=O)O.CC(=O)[O-].[K+].[W]. The fourth-order valence-electron chi connectivity index (χ4n) is 0. The maximum absolute atomic E-state index is 9.00. The number of rotatable bonds is 0. The average molecular weight is 522 g/mol. The molecule has 0 bridgehead atoms. The predicted octanol–water partition coefficient (Wildman–Crippen LogP) is -3.88. The third kappa shape index (κ3) is 64800. The Morgan fingerprint density at radius 2 is 0.591 bits per heavy atom. The molecule has 0 amide bonds. The fraction of sp³-hybridized carbons (Fsp3) is 0.500. The van der Waals surface area contributed by atoms with Crippen LogP contribution in [0.15, 0.2) is 0 Å². The smallest absolute Gasteiger partial charge is 0.550 e. The number of aliphatic carboxylic acids is 5. The molecule has 0 aliphatic carbocycles. The normalized spacial score (nSPS) is 5.68. The van der Waals surface area contributed by atoms with Crippen molar-refractivity contribution in [3.8, 4) is 0 Å². The molecular weight excluding hydrogens is 503 g/mol. The van der Waals surface area contributed by atoms with E-state index in [1.54, 1.807) is 0 Å². The molecule has 0 unspecified atom stereocenters. The molecule has 0 spiro atoms. The first-order valence-electron chi connectivity index (χ1n) is 4.62. The molecule has 0 atom stereocenters. The van der Waals surface area contributed by atoms with Crippen molar-refractivity contribution in [2.24, 2.45) is 0 Å². The van der Waals surface area contributed by atoms with Crippen molar-refractivity contribution in [1.29, 1.82) is 0 Å². The first-order valence-corrected chi connectivity index (χ1v) is 4.62. The summed E-state index contributed by atoms with van der Waals surface area (Å²) in [5, 5.41) is 38.6. The Bertz CT molecular complexity index is 216. The number of hydrogen-bond donors (Lipinski definition) is 4.